The number of hydrogen-bond acceptors (Lipinski definition) is 5. The van der Waals surface area contributed by atoms with Crippen LogP contribution in [0.25, 0.3) is 0 Å². The van der Waals surface area contributed by atoms with Crippen molar-refractivity contribution >= 4 is 34.7 Å². The molecular weight excluding hydrogens is 328 g/mol. The molecule has 0 unspecified atom stereocenters. The standard InChI is InChI=1S/C18H19ClN2O3/c1-18(2,3)24-17(23)13-14(20)11(9-12(19)15(13)21)16(22)10-7-5-4-6-8-10/h4-9H,20-21H2,1-3H3. The first-order chi connectivity index (χ1) is 11.1. The Kier molecular flexibility index (Phi) is 4.85. The molecule has 0 saturated heterocycles. The van der Waals surface area contributed by atoms with Gasteiger partial charge < -0.3 is 16.2 Å². The third-order valence-electron chi connectivity index (χ3n) is 3.24. The van der Waals surface area contributed by atoms with E-state index in [1.807, 2.05) is 0 Å². The lowest BCUT2D eigenvalue weighted by atomic mass is 9.97. The van der Waals surface area contributed by atoms with Gasteiger partial charge >= 0.3 is 5.97 Å². The summed E-state index contributed by atoms with van der Waals surface area (Å²) in [5, 5.41) is 0.0735. The van der Waals surface area contributed by atoms with Crippen LogP contribution in [0.5, 0.6) is 0 Å². The Hall–Kier alpha value is -2.53. The number of esters is 1. The molecule has 0 aromatic heterocycles. The minimum atomic E-state index is -0.734. The molecule has 0 spiro atoms. The molecule has 2 aromatic rings. The van der Waals surface area contributed by atoms with Crippen LogP contribution in [0.1, 0.15) is 47.1 Å². The van der Waals surface area contributed by atoms with Crippen LogP contribution in [0.15, 0.2) is 36.4 Å². The first-order valence-corrected chi connectivity index (χ1v) is 7.70. The Balaban J connectivity index is 2.56. The molecule has 5 nitrogen and oxygen atoms in total. The van der Waals surface area contributed by atoms with Gasteiger partial charge in [-0.15, -0.1) is 0 Å². The summed E-state index contributed by atoms with van der Waals surface area (Å²) in [4.78, 5) is 25.1. The highest BCUT2D eigenvalue weighted by Crippen LogP contribution is 2.34. The number of nitrogen functional groups attached to an aromatic ring is 2. The fraction of sp³-hybridized carbons (Fsp3) is 0.222. The number of ether oxygens (including phenoxy) is 1. The van der Waals surface area contributed by atoms with E-state index in [1.54, 1.807) is 51.1 Å². The molecule has 126 valence electrons. The van der Waals surface area contributed by atoms with Crippen LogP contribution in [0.3, 0.4) is 0 Å². The molecule has 0 aliphatic rings. The van der Waals surface area contributed by atoms with Crippen LogP contribution in [0.2, 0.25) is 5.02 Å². The molecule has 0 amide bonds. The number of carbonyl (C=O) groups excluding carboxylic acids is 2. The first-order valence-electron chi connectivity index (χ1n) is 7.32. The Morgan fingerprint density at radius 1 is 1.04 bits per heavy atom. The molecule has 2 rings (SSSR count). The fourth-order valence-corrected chi connectivity index (χ4v) is 2.37. The summed E-state index contributed by atoms with van der Waals surface area (Å²) < 4.78 is 5.31. The van der Waals surface area contributed by atoms with Crippen molar-refractivity contribution in [2.45, 2.75) is 26.4 Å². The lowest BCUT2D eigenvalue weighted by Crippen LogP contribution is -2.26. The number of nitrogens with two attached hydrogens (primary N) is 2. The van der Waals surface area contributed by atoms with Crippen molar-refractivity contribution in [2.75, 3.05) is 11.5 Å². The molecule has 4 N–H and O–H groups in total. The third-order valence-corrected chi connectivity index (χ3v) is 3.55. The van der Waals surface area contributed by atoms with E-state index in [0.29, 0.717) is 5.56 Å². The van der Waals surface area contributed by atoms with E-state index in [4.69, 9.17) is 27.8 Å². The van der Waals surface area contributed by atoms with Crippen molar-refractivity contribution in [3.05, 3.63) is 58.1 Å². The summed E-state index contributed by atoms with van der Waals surface area (Å²) in [5.41, 5.74) is 11.6. The summed E-state index contributed by atoms with van der Waals surface area (Å²) in [6.45, 7) is 5.16. The lowest BCUT2D eigenvalue weighted by Gasteiger charge is -2.21. The number of anilines is 2. The normalized spacial score (nSPS) is 11.2. The maximum absolute atomic E-state index is 12.7. The minimum absolute atomic E-state index is 0.00646. The smallest absolute Gasteiger partial charge is 0.342 e. The average molecular weight is 347 g/mol. The van der Waals surface area contributed by atoms with Gasteiger partial charge in [0, 0.05) is 11.1 Å². The van der Waals surface area contributed by atoms with Crippen molar-refractivity contribution in [3.8, 4) is 0 Å². The number of benzene rings is 2. The summed E-state index contributed by atoms with van der Waals surface area (Å²) >= 11 is 6.10. The molecule has 0 aliphatic carbocycles. The molecular formula is C18H19ClN2O3. The predicted molar refractivity (Wildman–Crippen MR) is 95.3 cm³/mol. The molecule has 0 radical (unpaired) electrons. The van der Waals surface area contributed by atoms with Crippen molar-refractivity contribution in [3.63, 3.8) is 0 Å². The van der Waals surface area contributed by atoms with Crippen LogP contribution >= 0.6 is 11.6 Å². The Morgan fingerprint density at radius 3 is 2.17 bits per heavy atom. The Labute approximate surface area is 145 Å². The number of halogens is 1. The highest BCUT2D eigenvalue weighted by atomic mass is 35.5. The van der Waals surface area contributed by atoms with Crippen molar-refractivity contribution in [1.82, 2.24) is 0 Å². The fourth-order valence-electron chi connectivity index (χ4n) is 2.16. The van der Waals surface area contributed by atoms with Crippen LogP contribution in [-0.4, -0.2) is 17.4 Å². The van der Waals surface area contributed by atoms with Crippen LogP contribution < -0.4 is 11.5 Å². The van der Waals surface area contributed by atoms with Gasteiger partial charge in [-0.05, 0) is 26.8 Å². The quantitative estimate of drug-likeness (QED) is 0.502. The molecule has 0 aliphatic heterocycles. The second-order valence-corrected chi connectivity index (χ2v) is 6.71. The van der Waals surface area contributed by atoms with Gasteiger partial charge in [-0.3, -0.25) is 4.79 Å². The van der Waals surface area contributed by atoms with E-state index >= 15 is 0 Å². The second-order valence-electron chi connectivity index (χ2n) is 6.31. The summed E-state index contributed by atoms with van der Waals surface area (Å²) in [6, 6.07) is 9.93. The van der Waals surface area contributed by atoms with Crippen molar-refractivity contribution in [2.24, 2.45) is 0 Å². The monoisotopic (exact) mass is 346 g/mol. The second kappa shape index (κ2) is 6.53. The zero-order valence-corrected chi connectivity index (χ0v) is 14.5. The van der Waals surface area contributed by atoms with Gasteiger partial charge in [0.2, 0.25) is 0 Å². The predicted octanol–water partition coefficient (Wildman–Crippen LogP) is 3.69. The molecule has 24 heavy (non-hydrogen) atoms. The van der Waals surface area contributed by atoms with Gasteiger partial charge in [0.05, 0.1) is 16.4 Å². The van der Waals surface area contributed by atoms with E-state index in [2.05, 4.69) is 0 Å². The molecule has 0 fully saturated rings. The highest BCUT2D eigenvalue weighted by molar-refractivity contribution is 6.35. The minimum Gasteiger partial charge on any atom is -0.456 e. The number of rotatable bonds is 3. The van der Waals surface area contributed by atoms with Gasteiger partial charge in [0.25, 0.3) is 0 Å². The van der Waals surface area contributed by atoms with Gasteiger partial charge in [-0.2, -0.15) is 0 Å². The molecule has 6 heteroatoms. The zero-order chi connectivity index (χ0) is 18.1. The molecule has 0 atom stereocenters. The average Bonchev–Trinajstić information content (AvgIpc) is 2.49. The molecule has 2 aromatic carbocycles. The van der Waals surface area contributed by atoms with Gasteiger partial charge in [-0.1, -0.05) is 41.9 Å². The van der Waals surface area contributed by atoms with E-state index in [1.165, 1.54) is 6.07 Å². The lowest BCUT2D eigenvalue weighted by molar-refractivity contribution is 0.00720. The molecule has 0 heterocycles. The maximum atomic E-state index is 12.7. The van der Waals surface area contributed by atoms with Gasteiger partial charge in [0.15, 0.2) is 5.78 Å². The largest absolute Gasteiger partial charge is 0.456 e. The summed E-state index contributed by atoms with van der Waals surface area (Å²) in [6.07, 6.45) is 0. The Bertz CT molecular complexity index is 796. The maximum Gasteiger partial charge on any atom is 0.342 e. The van der Waals surface area contributed by atoms with Gasteiger partial charge in [-0.25, -0.2) is 4.79 Å². The van der Waals surface area contributed by atoms with E-state index in [-0.39, 0.29) is 33.3 Å². The highest BCUT2D eigenvalue weighted by Gasteiger charge is 2.27. The topological polar surface area (TPSA) is 95.4 Å². The number of carbonyl (C=O) groups is 2. The van der Waals surface area contributed by atoms with E-state index < -0.39 is 11.6 Å². The number of hydrogen-bond donors (Lipinski definition) is 2. The summed E-state index contributed by atoms with van der Waals surface area (Å²) in [5.74, 6) is -1.07. The van der Waals surface area contributed by atoms with Crippen LogP contribution in [0.4, 0.5) is 11.4 Å². The molecule has 0 bridgehead atoms. The number of ketones is 1. The van der Waals surface area contributed by atoms with E-state index in [0.717, 1.165) is 0 Å². The summed E-state index contributed by atoms with van der Waals surface area (Å²) in [7, 11) is 0. The van der Waals surface area contributed by atoms with Gasteiger partial charge in [0.1, 0.15) is 11.2 Å². The zero-order valence-electron chi connectivity index (χ0n) is 13.7. The van der Waals surface area contributed by atoms with Crippen molar-refractivity contribution in [1.29, 1.82) is 0 Å². The van der Waals surface area contributed by atoms with Crippen molar-refractivity contribution < 1.29 is 14.3 Å². The van der Waals surface area contributed by atoms with Crippen LogP contribution in [0, 0.1) is 0 Å². The van der Waals surface area contributed by atoms with E-state index in [9.17, 15) is 9.59 Å². The SMILES string of the molecule is CC(C)(C)OC(=O)c1c(N)c(Cl)cc(C(=O)c2ccccc2)c1N. The third kappa shape index (κ3) is 3.68. The Morgan fingerprint density at radius 2 is 1.62 bits per heavy atom. The molecule has 0 saturated carbocycles. The van der Waals surface area contributed by atoms with Crippen LogP contribution in [-0.2, 0) is 4.74 Å². The first kappa shape index (κ1) is 17.8.